The minimum absolute atomic E-state index is 0.693. The molecule has 0 saturated heterocycles. The maximum absolute atomic E-state index is 4.80. The van der Waals surface area contributed by atoms with E-state index in [4.69, 9.17) is 5.10 Å². The Morgan fingerprint density at radius 3 is 2.53 bits per heavy atom. The molecular weight excluding hydrogens is 299 g/mol. The molecule has 0 amide bonds. The molecule has 0 aromatic carbocycles. The monoisotopic (exact) mass is 316 g/mol. The van der Waals surface area contributed by atoms with Crippen molar-refractivity contribution in [2.75, 3.05) is 0 Å². The minimum atomic E-state index is 0.693. The first-order valence-corrected chi connectivity index (χ1v) is 7.17. The summed E-state index contributed by atoms with van der Waals surface area (Å²) in [5, 5.41) is 4.80. The van der Waals surface area contributed by atoms with Crippen LogP contribution in [-0.2, 0) is 0 Å². The van der Waals surface area contributed by atoms with Crippen LogP contribution in [0.25, 0.3) is 0 Å². The summed E-state index contributed by atoms with van der Waals surface area (Å²) in [6.07, 6.45) is 9.58. The fraction of sp³-hybridized carbons (Fsp3) is 0.750. The van der Waals surface area contributed by atoms with Crippen LogP contribution in [0.1, 0.15) is 62.6 Å². The predicted molar refractivity (Wildman–Crippen MR) is 69.0 cm³/mol. The number of hydrogen-bond acceptors (Lipinski definition) is 1. The Morgan fingerprint density at radius 2 is 1.87 bits per heavy atom. The molecule has 2 fully saturated rings. The Hall–Kier alpha value is -0.0600. The summed E-state index contributed by atoms with van der Waals surface area (Å²) in [6.45, 7) is 0. The zero-order valence-electron chi connectivity index (χ0n) is 8.95. The summed E-state index contributed by atoms with van der Waals surface area (Å²) in [5.74, 6) is 0.795. The van der Waals surface area contributed by atoms with Crippen LogP contribution in [0.4, 0.5) is 0 Å². The summed E-state index contributed by atoms with van der Waals surface area (Å²) in [6, 6.07) is 2.99. The van der Waals surface area contributed by atoms with E-state index in [0.717, 1.165) is 5.92 Å². The molecular formula is C12H17IN2. The Kier molecular flexibility index (Phi) is 2.75. The van der Waals surface area contributed by atoms with Crippen molar-refractivity contribution in [2.45, 2.75) is 56.9 Å². The van der Waals surface area contributed by atoms with Crippen molar-refractivity contribution in [3.05, 3.63) is 15.5 Å². The Morgan fingerprint density at radius 1 is 1.13 bits per heavy atom. The van der Waals surface area contributed by atoms with Gasteiger partial charge in [-0.25, -0.2) is 0 Å². The SMILES string of the molecule is Ic1cc(C2CC2)nn1C1CCCCC1. The maximum atomic E-state index is 4.80. The van der Waals surface area contributed by atoms with E-state index in [0.29, 0.717) is 6.04 Å². The van der Waals surface area contributed by atoms with Gasteiger partial charge in [0.25, 0.3) is 0 Å². The average molecular weight is 316 g/mol. The van der Waals surface area contributed by atoms with Gasteiger partial charge in [-0.3, -0.25) is 4.68 Å². The van der Waals surface area contributed by atoms with Crippen LogP contribution in [0.15, 0.2) is 6.07 Å². The Labute approximate surface area is 105 Å². The van der Waals surface area contributed by atoms with Gasteiger partial charge in [-0.15, -0.1) is 0 Å². The largest absolute Gasteiger partial charge is 0.256 e. The fourth-order valence-electron chi connectivity index (χ4n) is 2.55. The quantitative estimate of drug-likeness (QED) is 0.757. The zero-order valence-corrected chi connectivity index (χ0v) is 11.1. The molecule has 0 radical (unpaired) electrons. The number of aromatic nitrogens is 2. The van der Waals surface area contributed by atoms with Gasteiger partial charge in [-0.05, 0) is 54.3 Å². The Balaban J connectivity index is 1.82. The van der Waals surface area contributed by atoms with Gasteiger partial charge in [-0.1, -0.05) is 19.3 Å². The summed E-state index contributed by atoms with van der Waals surface area (Å²) in [4.78, 5) is 0. The van der Waals surface area contributed by atoms with Gasteiger partial charge in [0.15, 0.2) is 0 Å². The zero-order chi connectivity index (χ0) is 10.3. The maximum Gasteiger partial charge on any atom is 0.0995 e. The predicted octanol–water partition coefficient (Wildman–Crippen LogP) is 3.87. The van der Waals surface area contributed by atoms with Crippen molar-refractivity contribution >= 4 is 22.6 Å². The molecule has 2 aliphatic rings. The molecule has 3 heteroatoms. The lowest BCUT2D eigenvalue weighted by atomic mass is 9.96. The molecule has 0 bridgehead atoms. The minimum Gasteiger partial charge on any atom is -0.256 e. The van der Waals surface area contributed by atoms with Crippen LogP contribution >= 0.6 is 22.6 Å². The van der Waals surface area contributed by atoms with E-state index < -0.39 is 0 Å². The summed E-state index contributed by atoms with van der Waals surface area (Å²) < 4.78 is 3.65. The first-order chi connectivity index (χ1) is 7.34. The van der Waals surface area contributed by atoms with E-state index in [1.54, 1.807) is 0 Å². The second-order valence-electron chi connectivity index (χ2n) is 4.90. The van der Waals surface area contributed by atoms with Gasteiger partial charge in [0.2, 0.25) is 0 Å². The molecule has 2 aliphatic carbocycles. The average Bonchev–Trinajstić information content (AvgIpc) is 3.04. The molecule has 2 saturated carbocycles. The molecule has 0 atom stereocenters. The molecule has 2 nitrogen and oxygen atoms in total. The van der Waals surface area contributed by atoms with Gasteiger partial charge < -0.3 is 0 Å². The molecule has 0 N–H and O–H groups in total. The normalized spacial score (nSPS) is 23.3. The summed E-state index contributed by atoms with van der Waals surface area (Å²) in [7, 11) is 0. The highest BCUT2D eigenvalue weighted by molar-refractivity contribution is 14.1. The van der Waals surface area contributed by atoms with E-state index in [1.165, 1.54) is 54.3 Å². The molecule has 1 aromatic rings. The third-order valence-corrected chi connectivity index (χ3v) is 4.43. The van der Waals surface area contributed by atoms with E-state index in [2.05, 4.69) is 33.3 Å². The number of rotatable bonds is 2. The molecule has 0 unspecified atom stereocenters. The smallest absolute Gasteiger partial charge is 0.0995 e. The van der Waals surface area contributed by atoms with Crippen molar-refractivity contribution in [2.24, 2.45) is 0 Å². The van der Waals surface area contributed by atoms with Crippen LogP contribution in [-0.4, -0.2) is 9.78 Å². The highest BCUT2D eigenvalue weighted by Gasteiger charge is 2.28. The van der Waals surface area contributed by atoms with Crippen molar-refractivity contribution in [1.82, 2.24) is 9.78 Å². The second kappa shape index (κ2) is 4.07. The highest BCUT2D eigenvalue weighted by Crippen LogP contribution is 2.40. The molecule has 1 heterocycles. The lowest BCUT2D eigenvalue weighted by Gasteiger charge is -2.22. The van der Waals surface area contributed by atoms with Crippen molar-refractivity contribution < 1.29 is 0 Å². The standard InChI is InChI=1S/C12H17IN2/c13-12-8-11(9-6-7-9)14-15(12)10-4-2-1-3-5-10/h8-10H,1-7H2. The fourth-order valence-corrected chi connectivity index (χ4v) is 3.37. The van der Waals surface area contributed by atoms with Gasteiger partial charge in [0.1, 0.15) is 0 Å². The van der Waals surface area contributed by atoms with Gasteiger partial charge in [0, 0.05) is 5.92 Å². The van der Waals surface area contributed by atoms with Gasteiger partial charge >= 0.3 is 0 Å². The first-order valence-electron chi connectivity index (χ1n) is 6.09. The Bertz CT molecular complexity index is 349. The summed E-state index contributed by atoms with van der Waals surface area (Å²) >= 11 is 2.45. The first kappa shape index (κ1) is 10.1. The van der Waals surface area contributed by atoms with Crippen molar-refractivity contribution in [3.63, 3.8) is 0 Å². The van der Waals surface area contributed by atoms with Gasteiger partial charge in [-0.2, -0.15) is 5.10 Å². The molecule has 1 aromatic heterocycles. The number of halogens is 1. The summed E-state index contributed by atoms with van der Waals surface area (Å²) in [5.41, 5.74) is 1.35. The van der Waals surface area contributed by atoms with Crippen LogP contribution in [0, 0.1) is 3.70 Å². The lowest BCUT2D eigenvalue weighted by molar-refractivity contribution is 0.323. The lowest BCUT2D eigenvalue weighted by Crippen LogP contribution is -2.15. The number of hydrogen-bond donors (Lipinski definition) is 0. The molecule has 0 aliphatic heterocycles. The van der Waals surface area contributed by atoms with E-state index in [1.807, 2.05) is 0 Å². The van der Waals surface area contributed by atoms with E-state index in [-0.39, 0.29) is 0 Å². The third-order valence-electron chi connectivity index (χ3n) is 3.63. The van der Waals surface area contributed by atoms with Crippen LogP contribution in [0.5, 0.6) is 0 Å². The van der Waals surface area contributed by atoms with Crippen molar-refractivity contribution in [1.29, 1.82) is 0 Å². The van der Waals surface area contributed by atoms with E-state index >= 15 is 0 Å². The van der Waals surface area contributed by atoms with Crippen LogP contribution in [0.2, 0.25) is 0 Å². The highest BCUT2D eigenvalue weighted by atomic mass is 127. The number of nitrogens with zero attached hydrogens (tertiary/aromatic N) is 2. The third kappa shape index (κ3) is 2.08. The topological polar surface area (TPSA) is 17.8 Å². The molecule has 82 valence electrons. The van der Waals surface area contributed by atoms with Crippen LogP contribution < -0.4 is 0 Å². The van der Waals surface area contributed by atoms with E-state index in [9.17, 15) is 0 Å². The van der Waals surface area contributed by atoms with Crippen LogP contribution in [0.3, 0.4) is 0 Å². The molecule has 0 spiro atoms. The van der Waals surface area contributed by atoms with Gasteiger partial charge in [0.05, 0.1) is 15.4 Å². The molecule has 15 heavy (non-hydrogen) atoms. The molecule has 3 rings (SSSR count). The van der Waals surface area contributed by atoms with Crippen molar-refractivity contribution in [3.8, 4) is 0 Å². The second-order valence-corrected chi connectivity index (χ2v) is 6.01.